The largest absolute Gasteiger partial charge is 0.385 e. The number of rotatable bonds is 7. The van der Waals surface area contributed by atoms with Crippen molar-refractivity contribution in [1.82, 2.24) is 20.1 Å². The van der Waals surface area contributed by atoms with Gasteiger partial charge in [-0.05, 0) is 32.4 Å². The lowest BCUT2D eigenvalue weighted by molar-refractivity contribution is -0.116. The summed E-state index contributed by atoms with van der Waals surface area (Å²) in [5.74, 6) is -0.238. The number of amides is 1. The molecule has 0 aliphatic rings. The van der Waals surface area contributed by atoms with Crippen LogP contribution in [-0.4, -0.2) is 40.9 Å². The monoisotopic (exact) mass is 318 g/mol. The van der Waals surface area contributed by atoms with Crippen molar-refractivity contribution >= 4 is 23.0 Å². The predicted octanol–water partition coefficient (Wildman–Crippen LogP) is 1.47. The second-order valence-electron chi connectivity index (χ2n) is 5.51. The summed E-state index contributed by atoms with van der Waals surface area (Å²) in [4.78, 5) is 26.6. The minimum absolute atomic E-state index is 0.155. The first-order chi connectivity index (χ1) is 11.0. The SMILES string of the molecule is COCCCNC(=O)/C=C/c1cc2cnn(C(C)C)c2[nH]c1=O. The summed E-state index contributed by atoms with van der Waals surface area (Å²) < 4.78 is 6.66. The van der Waals surface area contributed by atoms with Crippen molar-refractivity contribution in [3.8, 4) is 0 Å². The first-order valence-electron chi connectivity index (χ1n) is 7.58. The number of aromatic nitrogens is 3. The summed E-state index contributed by atoms with van der Waals surface area (Å²) in [5, 5.41) is 7.82. The number of carbonyl (C=O) groups excluding carboxylic acids is 1. The van der Waals surface area contributed by atoms with Crippen molar-refractivity contribution in [2.75, 3.05) is 20.3 Å². The van der Waals surface area contributed by atoms with Crippen LogP contribution in [-0.2, 0) is 9.53 Å². The van der Waals surface area contributed by atoms with Gasteiger partial charge < -0.3 is 15.0 Å². The average molecular weight is 318 g/mol. The first-order valence-corrected chi connectivity index (χ1v) is 7.58. The molecule has 0 unspecified atom stereocenters. The standard InChI is InChI=1S/C16H22N4O3/c1-11(2)20-15-13(10-18-20)9-12(16(22)19-15)5-6-14(21)17-7-4-8-23-3/h5-6,9-11H,4,7-8H2,1-3H3,(H,17,21)(H,19,22)/b6-5+. The fourth-order valence-electron chi connectivity index (χ4n) is 2.19. The molecular formula is C16H22N4O3. The van der Waals surface area contributed by atoms with E-state index in [2.05, 4.69) is 15.4 Å². The van der Waals surface area contributed by atoms with Crippen LogP contribution in [0.5, 0.6) is 0 Å². The van der Waals surface area contributed by atoms with Gasteiger partial charge in [0.15, 0.2) is 0 Å². The van der Waals surface area contributed by atoms with Gasteiger partial charge in [-0.2, -0.15) is 5.10 Å². The lowest BCUT2D eigenvalue weighted by Crippen LogP contribution is -2.23. The lowest BCUT2D eigenvalue weighted by atomic mass is 10.2. The molecule has 0 aromatic carbocycles. The van der Waals surface area contributed by atoms with E-state index in [1.54, 1.807) is 24.1 Å². The molecule has 0 atom stereocenters. The van der Waals surface area contributed by atoms with Crippen LogP contribution < -0.4 is 10.9 Å². The topological polar surface area (TPSA) is 89.0 Å². The maximum atomic E-state index is 12.1. The zero-order valence-electron chi connectivity index (χ0n) is 13.6. The Morgan fingerprint density at radius 3 is 3.00 bits per heavy atom. The molecule has 1 amide bonds. The molecule has 0 radical (unpaired) electrons. The summed E-state index contributed by atoms with van der Waals surface area (Å²) in [6.07, 6.45) is 5.32. The van der Waals surface area contributed by atoms with Crippen molar-refractivity contribution in [2.24, 2.45) is 0 Å². The Bertz CT molecular complexity index is 758. The summed E-state index contributed by atoms with van der Waals surface area (Å²) in [6, 6.07) is 1.89. The van der Waals surface area contributed by atoms with E-state index in [0.717, 1.165) is 11.8 Å². The van der Waals surface area contributed by atoms with E-state index in [4.69, 9.17) is 4.74 Å². The molecule has 2 heterocycles. The van der Waals surface area contributed by atoms with Gasteiger partial charge >= 0.3 is 0 Å². The Morgan fingerprint density at radius 1 is 1.52 bits per heavy atom. The maximum absolute atomic E-state index is 12.1. The van der Waals surface area contributed by atoms with Crippen LogP contribution in [0.4, 0.5) is 0 Å². The number of nitrogens with zero attached hydrogens (tertiary/aromatic N) is 2. The second kappa shape index (κ2) is 7.73. The molecule has 2 aromatic rings. The van der Waals surface area contributed by atoms with Gasteiger partial charge in [-0.3, -0.25) is 9.59 Å². The van der Waals surface area contributed by atoms with Crippen molar-refractivity contribution in [3.63, 3.8) is 0 Å². The van der Waals surface area contributed by atoms with Crippen LogP contribution in [0.15, 0.2) is 23.1 Å². The van der Waals surface area contributed by atoms with Crippen LogP contribution in [0.25, 0.3) is 17.1 Å². The molecule has 0 aliphatic carbocycles. The summed E-state index contributed by atoms with van der Waals surface area (Å²) in [5.41, 5.74) is 0.863. The lowest BCUT2D eigenvalue weighted by Gasteiger charge is -2.06. The Morgan fingerprint density at radius 2 is 2.30 bits per heavy atom. The number of carbonyl (C=O) groups is 1. The number of pyridine rings is 1. The average Bonchev–Trinajstić information content (AvgIpc) is 2.92. The molecule has 124 valence electrons. The Hall–Kier alpha value is -2.41. The zero-order valence-corrected chi connectivity index (χ0v) is 13.6. The molecule has 23 heavy (non-hydrogen) atoms. The third-order valence-corrected chi connectivity index (χ3v) is 3.36. The van der Waals surface area contributed by atoms with Crippen molar-refractivity contribution < 1.29 is 9.53 Å². The van der Waals surface area contributed by atoms with E-state index in [1.165, 1.54) is 12.2 Å². The van der Waals surface area contributed by atoms with E-state index in [-0.39, 0.29) is 17.5 Å². The fraction of sp³-hybridized carbons (Fsp3) is 0.438. The number of nitrogens with one attached hydrogen (secondary N) is 2. The molecule has 2 aromatic heterocycles. The number of hydrogen-bond acceptors (Lipinski definition) is 4. The number of fused-ring (bicyclic) bond motifs is 1. The second-order valence-corrected chi connectivity index (χ2v) is 5.51. The Kier molecular flexibility index (Phi) is 5.70. The van der Waals surface area contributed by atoms with Gasteiger partial charge in [0, 0.05) is 43.3 Å². The smallest absolute Gasteiger partial charge is 0.256 e. The van der Waals surface area contributed by atoms with Gasteiger partial charge in [0.2, 0.25) is 5.91 Å². The van der Waals surface area contributed by atoms with Crippen molar-refractivity contribution in [2.45, 2.75) is 26.3 Å². The van der Waals surface area contributed by atoms with E-state index < -0.39 is 0 Å². The first kappa shape index (κ1) is 17.0. The number of aromatic amines is 1. The number of hydrogen-bond donors (Lipinski definition) is 2. The van der Waals surface area contributed by atoms with E-state index in [1.807, 2.05) is 13.8 Å². The van der Waals surface area contributed by atoms with Crippen LogP contribution in [0.3, 0.4) is 0 Å². The van der Waals surface area contributed by atoms with Crippen LogP contribution in [0, 0.1) is 0 Å². The Balaban J connectivity index is 2.11. The fourth-order valence-corrected chi connectivity index (χ4v) is 2.19. The van der Waals surface area contributed by atoms with Gasteiger partial charge in [-0.25, -0.2) is 4.68 Å². The van der Waals surface area contributed by atoms with Crippen molar-refractivity contribution in [1.29, 1.82) is 0 Å². The highest BCUT2D eigenvalue weighted by Crippen LogP contribution is 2.15. The molecule has 0 saturated heterocycles. The number of H-pyrrole nitrogens is 1. The number of methoxy groups -OCH3 is 1. The van der Waals surface area contributed by atoms with Crippen LogP contribution in [0.1, 0.15) is 31.9 Å². The number of ether oxygens (including phenoxy) is 1. The molecule has 2 N–H and O–H groups in total. The van der Waals surface area contributed by atoms with Gasteiger partial charge in [-0.1, -0.05) is 0 Å². The summed E-state index contributed by atoms with van der Waals surface area (Å²) in [7, 11) is 1.62. The van der Waals surface area contributed by atoms with Gasteiger partial charge in [0.1, 0.15) is 5.65 Å². The molecular weight excluding hydrogens is 296 g/mol. The maximum Gasteiger partial charge on any atom is 0.256 e. The molecule has 0 aliphatic heterocycles. The molecule has 0 saturated carbocycles. The zero-order chi connectivity index (χ0) is 16.8. The summed E-state index contributed by atoms with van der Waals surface area (Å²) in [6.45, 7) is 5.12. The van der Waals surface area contributed by atoms with Gasteiger partial charge in [0.25, 0.3) is 5.56 Å². The van der Waals surface area contributed by atoms with Gasteiger partial charge in [-0.15, -0.1) is 0 Å². The Labute approximate surface area is 134 Å². The molecule has 0 fully saturated rings. The molecule has 2 rings (SSSR count). The van der Waals surface area contributed by atoms with Crippen molar-refractivity contribution in [3.05, 3.63) is 34.3 Å². The molecule has 7 heteroatoms. The van der Waals surface area contributed by atoms with Crippen LogP contribution >= 0.6 is 0 Å². The highest BCUT2D eigenvalue weighted by molar-refractivity contribution is 5.92. The minimum atomic E-state index is -0.247. The van der Waals surface area contributed by atoms with Gasteiger partial charge in [0.05, 0.1) is 6.20 Å². The summed E-state index contributed by atoms with van der Waals surface area (Å²) >= 11 is 0. The van der Waals surface area contributed by atoms with Crippen LogP contribution in [0.2, 0.25) is 0 Å². The third-order valence-electron chi connectivity index (χ3n) is 3.36. The highest BCUT2D eigenvalue weighted by atomic mass is 16.5. The third kappa shape index (κ3) is 4.29. The highest BCUT2D eigenvalue weighted by Gasteiger charge is 2.08. The van der Waals surface area contributed by atoms with E-state index in [0.29, 0.717) is 24.4 Å². The molecule has 0 bridgehead atoms. The quantitative estimate of drug-likeness (QED) is 0.597. The van der Waals surface area contributed by atoms with E-state index >= 15 is 0 Å². The normalized spacial score (nSPS) is 11.7. The molecule has 0 spiro atoms. The molecule has 7 nitrogen and oxygen atoms in total. The predicted molar refractivity (Wildman–Crippen MR) is 89.3 cm³/mol. The minimum Gasteiger partial charge on any atom is -0.385 e. The van der Waals surface area contributed by atoms with E-state index in [9.17, 15) is 9.59 Å².